The summed E-state index contributed by atoms with van der Waals surface area (Å²) >= 11 is 1.79. The Bertz CT molecular complexity index is 1180. The number of nitrogens with one attached hydrogen (secondary N) is 1. The van der Waals surface area contributed by atoms with Crippen molar-refractivity contribution in [3.8, 4) is 0 Å². The predicted molar refractivity (Wildman–Crippen MR) is 175 cm³/mol. The first-order chi connectivity index (χ1) is 17.7. The second kappa shape index (κ2) is 14.5. The van der Waals surface area contributed by atoms with Crippen LogP contribution in [0.2, 0.25) is 0 Å². The molecule has 37 heavy (non-hydrogen) atoms. The van der Waals surface area contributed by atoms with Crippen molar-refractivity contribution in [1.29, 1.82) is 0 Å². The SMILES string of the molecule is CCCCS/C=C(\NC(=O)c1ccc(C)cc1)[P+](c1ccccc1)(c1ccccc1)c1ccccc1.I. The number of hydrogen-bond acceptors (Lipinski definition) is 2. The number of hydrogen-bond donors (Lipinski definition) is 1. The lowest BCUT2D eigenvalue weighted by Gasteiger charge is -2.29. The van der Waals surface area contributed by atoms with Crippen molar-refractivity contribution in [2.24, 2.45) is 0 Å². The number of aryl methyl sites for hydroxylation is 1. The van der Waals surface area contributed by atoms with Crippen molar-refractivity contribution in [2.75, 3.05) is 5.75 Å². The summed E-state index contributed by atoms with van der Waals surface area (Å²) in [6.07, 6.45) is 2.27. The maximum absolute atomic E-state index is 13.7. The molecule has 0 fully saturated rings. The molecule has 1 N–H and O–H groups in total. The van der Waals surface area contributed by atoms with Crippen molar-refractivity contribution in [2.45, 2.75) is 26.7 Å². The van der Waals surface area contributed by atoms with Gasteiger partial charge in [-0.15, -0.1) is 35.7 Å². The van der Waals surface area contributed by atoms with E-state index < -0.39 is 7.26 Å². The fraction of sp³-hybridized carbons (Fsp3) is 0.156. The van der Waals surface area contributed by atoms with Gasteiger partial charge in [-0.1, -0.05) is 85.6 Å². The molecule has 0 aliphatic heterocycles. The lowest BCUT2D eigenvalue weighted by molar-refractivity contribution is 0.0968. The van der Waals surface area contributed by atoms with Crippen LogP contribution in [-0.4, -0.2) is 11.7 Å². The van der Waals surface area contributed by atoms with Crippen LogP contribution in [0, 0.1) is 6.92 Å². The van der Waals surface area contributed by atoms with E-state index in [0.717, 1.165) is 29.6 Å². The number of halogens is 1. The quantitative estimate of drug-likeness (QED) is 0.110. The highest BCUT2D eigenvalue weighted by molar-refractivity contribution is 14.0. The third-order valence-corrected chi connectivity index (χ3v) is 11.4. The van der Waals surface area contributed by atoms with Gasteiger partial charge in [-0.05, 0) is 67.6 Å². The molecule has 4 aromatic rings. The smallest absolute Gasteiger partial charge is 0.258 e. The van der Waals surface area contributed by atoms with Crippen LogP contribution < -0.4 is 21.2 Å². The first kappa shape index (κ1) is 29.2. The van der Waals surface area contributed by atoms with Gasteiger partial charge in [0.2, 0.25) is 0 Å². The van der Waals surface area contributed by atoms with Crippen molar-refractivity contribution in [3.63, 3.8) is 0 Å². The average Bonchev–Trinajstić information content (AvgIpc) is 2.93. The minimum atomic E-state index is -2.39. The van der Waals surface area contributed by atoms with Crippen molar-refractivity contribution >= 4 is 64.8 Å². The highest BCUT2D eigenvalue weighted by atomic mass is 127. The third-order valence-electron chi connectivity index (χ3n) is 6.16. The Morgan fingerprint density at radius 2 is 1.22 bits per heavy atom. The monoisotopic (exact) mass is 638 g/mol. The number of unbranched alkanes of at least 4 members (excludes halogenated alkanes) is 1. The molecule has 0 spiro atoms. The van der Waals surface area contributed by atoms with Crippen molar-refractivity contribution in [1.82, 2.24) is 5.32 Å². The Labute approximate surface area is 243 Å². The Kier molecular flexibility index (Phi) is 11.4. The second-order valence-electron chi connectivity index (χ2n) is 8.73. The number of carbonyl (C=O) groups is 1. The van der Waals surface area contributed by atoms with Gasteiger partial charge in [0.15, 0.2) is 12.7 Å². The molecule has 4 aromatic carbocycles. The summed E-state index contributed by atoms with van der Waals surface area (Å²) in [4.78, 5) is 13.7. The zero-order chi connectivity index (χ0) is 25.2. The first-order valence-corrected chi connectivity index (χ1v) is 15.3. The summed E-state index contributed by atoms with van der Waals surface area (Å²) in [5.74, 6) is 0.934. The number of thioether (sulfide) groups is 1. The maximum Gasteiger partial charge on any atom is 0.258 e. The zero-order valence-electron chi connectivity index (χ0n) is 21.3. The predicted octanol–water partition coefficient (Wildman–Crippen LogP) is 7.67. The largest absolute Gasteiger partial charge is 0.292 e. The summed E-state index contributed by atoms with van der Waals surface area (Å²) in [5.41, 5.74) is 2.77. The lowest BCUT2D eigenvalue weighted by Crippen LogP contribution is -2.38. The Hall–Kier alpha value is -2.40. The maximum atomic E-state index is 13.7. The van der Waals surface area contributed by atoms with Gasteiger partial charge in [0.25, 0.3) is 5.91 Å². The summed E-state index contributed by atoms with van der Waals surface area (Å²) in [5, 5.41) is 9.28. The van der Waals surface area contributed by atoms with E-state index in [1.165, 1.54) is 15.9 Å². The minimum Gasteiger partial charge on any atom is -0.292 e. The molecule has 0 aromatic heterocycles. The average molecular weight is 639 g/mol. The van der Waals surface area contributed by atoms with Gasteiger partial charge in [-0.3, -0.25) is 10.1 Å². The highest BCUT2D eigenvalue weighted by Crippen LogP contribution is 2.61. The molecule has 5 heteroatoms. The van der Waals surface area contributed by atoms with E-state index in [0.29, 0.717) is 5.56 Å². The molecule has 0 saturated heterocycles. The molecule has 0 atom stereocenters. The summed E-state index contributed by atoms with van der Waals surface area (Å²) in [7, 11) is -2.39. The summed E-state index contributed by atoms with van der Waals surface area (Å²) in [6, 6.07) is 39.8. The van der Waals surface area contributed by atoms with Crippen molar-refractivity contribution < 1.29 is 4.79 Å². The molecule has 0 aliphatic carbocycles. The fourth-order valence-corrected chi connectivity index (χ4v) is 9.77. The Morgan fingerprint density at radius 1 is 0.757 bits per heavy atom. The number of carbonyl (C=O) groups excluding carboxylic acids is 1. The standard InChI is InChI=1S/C32H32NOPS.HI/c1-3-4-24-36-25-31(33-32(34)27-22-20-26(2)21-23-27)35(28-14-8-5-9-15-28,29-16-10-6-11-17-29)30-18-12-7-13-19-30;/h5-23,25H,3-4,24H2,1-2H3;1H/p+1/b31-25+;. The number of rotatable bonds is 10. The number of amides is 1. The van der Waals surface area contributed by atoms with Crippen LogP contribution in [-0.2, 0) is 0 Å². The van der Waals surface area contributed by atoms with Crippen LogP contribution in [0.4, 0.5) is 0 Å². The van der Waals surface area contributed by atoms with E-state index in [4.69, 9.17) is 0 Å². The van der Waals surface area contributed by atoms with Crippen molar-refractivity contribution in [3.05, 3.63) is 137 Å². The summed E-state index contributed by atoms with van der Waals surface area (Å²) < 4.78 is 0. The van der Waals surface area contributed by atoms with Crippen LogP contribution >= 0.6 is 43.0 Å². The van der Waals surface area contributed by atoms with Gasteiger partial charge in [0.1, 0.15) is 15.9 Å². The van der Waals surface area contributed by atoms with E-state index in [-0.39, 0.29) is 29.9 Å². The fourth-order valence-electron chi connectivity index (χ4n) is 4.27. The first-order valence-electron chi connectivity index (χ1n) is 12.4. The van der Waals surface area contributed by atoms with Gasteiger partial charge in [-0.25, -0.2) is 0 Å². The second-order valence-corrected chi connectivity index (χ2v) is 13.1. The molecule has 4 rings (SSSR count). The van der Waals surface area contributed by atoms with Crippen LogP contribution in [0.15, 0.2) is 126 Å². The molecule has 0 saturated carbocycles. The summed E-state index contributed by atoms with van der Waals surface area (Å²) in [6.45, 7) is 4.24. The molecule has 0 unspecified atom stereocenters. The van der Waals surface area contributed by atoms with Gasteiger partial charge in [-0.2, -0.15) is 0 Å². The van der Waals surface area contributed by atoms with Crippen LogP contribution in [0.25, 0.3) is 0 Å². The topological polar surface area (TPSA) is 29.1 Å². The van der Waals surface area contributed by atoms with E-state index in [1.54, 1.807) is 11.8 Å². The highest BCUT2D eigenvalue weighted by Gasteiger charge is 2.50. The van der Waals surface area contributed by atoms with Crippen LogP contribution in [0.1, 0.15) is 35.7 Å². The van der Waals surface area contributed by atoms with E-state index >= 15 is 0 Å². The van der Waals surface area contributed by atoms with Gasteiger partial charge in [0, 0.05) is 11.0 Å². The minimum absolute atomic E-state index is 0. The van der Waals surface area contributed by atoms with Gasteiger partial charge < -0.3 is 0 Å². The lowest BCUT2D eigenvalue weighted by atomic mass is 10.1. The molecule has 0 aliphatic rings. The Morgan fingerprint density at radius 3 is 1.65 bits per heavy atom. The van der Waals surface area contributed by atoms with E-state index in [1.807, 2.05) is 31.2 Å². The molecular formula is C32H34INOPS+. The Balaban J connectivity index is 0.00000380. The molecule has 0 heterocycles. The van der Waals surface area contributed by atoms with E-state index in [9.17, 15) is 4.79 Å². The van der Waals surface area contributed by atoms with E-state index in [2.05, 4.69) is 109 Å². The number of benzene rings is 4. The normalized spacial score (nSPS) is 11.5. The molecular weight excluding hydrogens is 604 g/mol. The molecule has 190 valence electrons. The molecule has 1 amide bonds. The molecule has 2 nitrogen and oxygen atoms in total. The van der Waals surface area contributed by atoms with Gasteiger partial charge >= 0.3 is 0 Å². The third kappa shape index (κ3) is 6.93. The van der Waals surface area contributed by atoms with Gasteiger partial charge in [0.05, 0.1) is 0 Å². The molecule has 0 radical (unpaired) electrons. The zero-order valence-corrected chi connectivity index (χ0v) is 25.4. The molecule has 0 bridgehead atoms. The van der Waals surface area contributed by atoms with Crippen LogP contribution in [0.3, 0.4) is 0 Å². The van der Waals surface area contributed by atoms with Crippen LogP contribution in [0.5, 0.6) is 0 Å².